The number of benzene rings is 1. The van der Waals surface area contributed by atoms with Crippen LogP contribution in [-0.4, -0.2) is 30.3 Å². The normalized spacial score (nSPS) is 10.4. The highest BCUT2D eigenvalue weighted by Crippen LogP contribution is 2.15. The molecule has 1 aromatic carbocycles. The van der Waals surface area contributed by atoms with E-state index in [0.717, 1.165) is 0 Å². The van der Waals surface area contributed by atoms with Crippen LogP contribution in [0.25, 0.3) is 0 Å². The van der Waals surface area contributed by atoms with Crippen LogP contribution < -0.4 is 10.1 Å². The maximum atomic E-state index is 12.4. The lowest BCUT2D eigenvalue weighted by molar-refractivity contribution is -0.121. The number of hydrogen-bond donors (Lipinski definition) is 1. The Hall–Kier alpha value is -3.48. The Labute approximate surface area is 156 Å². The molecule has 3 rings (SSSR count). The van der Waals surface area contributed by atoms with Gasteiger partial charge in [-0.15, -0.1) is 0 Å². The van der Waals surface area contributed by atoms with Crippen molar-refractivity contribution in [2.24, 2.45) is 0 Å². The van der Waals surface area contributed by atoms with Crippen LogP contribution in [0.3, 0.4) is 0 Å². The molecule has 2 amide bonds. The molecule has 7 heteroatoms. The van der Waals surface area contributed by atoms with Gasteiger partial charge in [0.1, 0.15) is 23.9 Å². The Balaban J connectivity index is 1.48. The summed E-state index contributed by atoms with van der Waals surface area (Å²) in [5.74, 6) is 1.37. The summed E-state index contributed by atoms with van der Waals surface area (Å²) in [7, 11) is 1.54. The number of para-hydroxylation sites is 1. The number of carbonyl (C=O) groups is 2. The van der Waals surface area contributed by atoms with Gasteiger partial charge in [0.2, 0.25) is 5.91 Å². The highest BCUT2D eigenvalue weighted by atomic mass is 16.5. The Bertz CT molecular complexity index is 871. The van der Waals surface area contributed by atoms with Crippen LogP contribution in [-0.2, 0) is 17.9 Å². The number of furan rings is 2. The number of nitrogens with one attached hydrogen (secondary N) is 1. The number of ether oxygens (including phenoxy) is 1. The molecule has 7 nitrogen and oxygen atoms in total. The minimum Gasteiger partial charge on any atom is -0.486 e. The summed E-state index contributed by atoms with van der Waals surface area (Å²) in [5, 5.41) is 2.69. The van der Waals surface area contributed by atoms with Gasteiger partial charge >= 0.3 is 0 Å². The van der Waals surface area contributed by atoms with Crippen LogP contribution in [0.4, 0.5) is 0 Å². The van der Waals surface area contributed by atoms with Crippen LogP contribution in [0, 0.1) is 0 Å². The zero-order valence-electron chi connectivity index (χ0n) is 14.9. The average Bonchev–Trinajstić information content (AvgIpc) is 3.37. The molecule has 27 heavy (non-hydrogen) atoms. The number of carbonyl (C=O) groups excluding carboxylic acids is 2. The third-order valence-electron chi connectivity index (χ3n) is 3.76. The van der Waals surface area contributed by atoms with Crippen LogP contribution in [0.1, 0.15) is 22.1 Å². The van der Waals surface area contributed by atoms with Crippen molar-refractivity contribution in [3.8, 4) is 5.75 Å². The second kappa shape index (κ2) is 8.75. The minimum atomic E-state index is -0.380. The SMILES string of the molecule is CN(CC(=O)NCc1ccco1)C(=O)c1ccc(COc2ccccc2)o1. The molecular weight excluding hydrogens is 348 g/mol. The summed E-state index contributed by atoms with van der Waals surface area (Å²) in [5.41, 5.74) is 0. The number of likely N-dealkylation sites (N-methyl/N-ethyl adjacent to an activating group) is 1. The monoisotopic (exact) mass is 368 g/mol. The molecule has 0 aliphatic heterocycles. The smallest absolute Gasteiger partial charge is 0.289 e. The largest absolute Gasteiger partial charge is 0.486 e. The van der Waals surface area contributed by atoms with E-state index in [0.29, 0.717) is 17.3 Å². The number of nitrogens with zero attached hydrogens (tertiary/aromatic N) is 1. The molecule has 0 aliphatic carbocycles. The van der Waals surface area contributed by atoms with Crippen LogP contribution in [0.15, 0.2) is 69.7 Å². The number of rotatable bonds is 8. The Morgan fingerprint density at radius 2 is 1.85 bits per heavy atom. The van der Waals surface area contributed by atoms with Gasteiger partial charge in [-0.1, -0.05) is 18.2 Å². The van der Waals surface area contributed by atoms with Gasteiger partial charge in [0, 0.05) is 7.05 Å². The summed E-state index contributed by atoms with van der Waals surface area (Å²) in [6, 6.07) is 16.1. The quantitative estimate of drug-likeness (QED) is 0.661. The van der Waals surface area contributed by atoms with Crippen molar-refractivity contribution in [2.45, 2.75) is 13.2 Å². The van der Waals surface area contributed by atoms with E-state index in [1.54, 1.807) is 24.3 Å². The van der Waals surface area contributed by atoms with Crippen molar-refractivity contribution in [3.63, 3.8) is 0 Å². The summed E-state index contributed by atoms with van der Waals surface area (Å²) in [6.07, 6.45) is 1.53. The van der Waals surface area contributed by atoms with E-state index in [2.05, 4.69) is 5.32 Å². The van der Waals surface area contributed by atoms with Crippen molar-refractivity contribution in [3.05, 3.63) is 78.1 Å². The van der Waals surface area contributed by atoms with Gasteiger partial charge in [0.25, 0.3) is 5.91 Å². The molecule has 0 fully saturated rings. The molecule has 0 saturated heterocycles. The van der Waals surface area contributed by atoms with E-state index in [-0.39, 0.29) is 37.3 Å². The second-order valence-electron chi connectivity index (χ2n) is 5.88. The second-order valence-corrected chi connectivity index (χ2v) is 5.88. The Morgan fingerprint density at radius 1 is 1.04 bits per heavy atom. The first kappa shape index (κ1) is 18.3. The molecule has 2 heterocycles. The Kier molecular flexibility index (Phi) is 5.94. The zero-order valence-corrected chi connectivity index (χ0v) is 14.9. The molecule has 0 spiro atoms. The van der Waals surface area contributed by atoms with Gasteiger partial charge in [-0.25, -0.2) is 0 Å². The van der Waals surface area contributed by atoms with E-state index in [1.165, 1.54) is 18.2 Å². The predicted molar refractivity (Wildman–Crippen MR) is 97.0 cm³/mol. The minimum absolute atomic E-state index is 0.0872. The number of hydrogen-bond acceptors (Lipinski definition) is 5. The molecule has 0 radical (unpaired) electrons. The first-order valence-corrected chi connectivity index (χ1v) is 8.43. The van der Waals surface area contributed by atoms with Crippen molar-refractivity contribution in [1.29, 1.82) is 0 Å². The third kappa shape index (κ3) is 5.24. The lowest BCUT2D eigenvalue weighted by Gasteiger charge is -2.15. The molecule has 3 aromatic rings. The molecule has 1 N–H and O–H groups in total. The van der Waals surface area contributed by atoms with E-state index in [4.69, 9.17) is 13.6 Å². The molecule has 0 atom stereocenters. The zero-order chi connectivity index (χ0) is 19.1. The highest BCUT2D eigenvalue weighted by molar-refractivity contribution is 5.94. The van der Waals surface area contributed by atoms with Crippen molar-refractivity contribution >= 4 is 11.8 Å². The van der Waals surface area contributed by atoms with E-state index in [9.17, 15) is 9.59 Å². The predicted octanol–water partition coefficient (Wildman–Crippen LogP) is 2.84. The molecule has 0 bridgehead atoms. The van der Waals surface area contributed by atoms with Gasteiger partial charge in [-0.3, -0.25) is 9.59 Å². The summed E-state index contributed by atoms with van der Waals surface area (Å²) in [6.45, 7) is 0.399. The van der Waals surface area contributed by atoms with E-state index >= 15 is 0 Å². The van der Waals surface area contributed by atoms with Crippen LogP contribution in [0.5, 0.6) is 5.75 Å². The maximum Gasteiger partial charge on any atom is 0.289 e. The number of amides is 2. The molecule has 140 valence electrons. The first-order chi connectivity index (χ1) is 13.1. The Morgan fingerprint density at radius 3 is 2.59 bits per heavy atom. The van der Waals surface area contributed by atoms with Crippen molar-refractivity contribution in [2.75, 3.05) is 13.6 Å². The standard InChI is InChI=1S/C20H20N2O5/c1-22(13-19(23)21-12-16-8-5-11-25-16)20(24)18-10-9-17(27-18)14-26-15-6-3-2-4-7-15/h2-11H,12-14H2,1H3,(H,21,23). The first-order valence-electron chi connectivity index (χ1n) is 8.43. The molecule has 0 saturated carbocycles. The fourth-order valence-electron chi connectivity index (χ4n) is 2.37. The van der Waals surface area contributed by atoms with Crippen molar-refractivity contribution in [1.82, 2.24) is 10.2 Å². The average molecular weight is 368 g/mol. The molecular formula is C20H20N2O5. The van der Waals surface area contributed by atoms with Gasteiger partial charge < -0.3 is 23.8 Å². The third-order valence-corrected chi connectivity index (χ3v) is 3.76. The molecule has 0 aliphatic rings. The van der Waals surface area contributed by atoms with Gasteiger partial charge in [-0.05, 0) is 36.4 Å². The highest BCUT2D eigenvalue weighted by Gasteiger charge is 2.18. The lowest BCUT2D eigenvalue weighted by Crippen LogP contribution is -2.37. The van der Waals surface area contributed by atoms with Gasteiger partial charge in [0.15, 0.2) is 5.76 Å². The summed E-state index contributed by atoms with van der Waals surface area (Å²) < 4.78 is 16.3. The van der Waals surface area contributed by atoms with Gasteiger partial charge in [0.05, 0.1) is 19.4 Å². The van der Waals surface area contributed by atoms with Crippen LogP contribution >= 0.6 is 0 Å². The molecule has 2 aromatic heterocycles. The topological polar surface area (TPSA) is 84.9 Å². The fraction of sp³-hybridized carbons (Fsp3) is 0.200. The van der Waals surface area contributed by atoms with Crippen molar-refractivity contribution < 1.29 is 23.2 Å². The van der Waals surface area contributed by atoms with E-state index < -0.39 is 0 Å². The summed E-state index contributed by atoms with van der Waals surface area (Å²) >= 11 is 0. The van der Waals surface area contributed by atoms with E-state index in [1.807, 2.05) is 30.3 Å². The fourth-order valence-corrected chi connectivity index (χ4v) is 2.37. The van der Waals surface area contributed by atoms with Crippen LogP contribution in [0.2, 0.25) is 0 Å². The molecule has 0 unspecified atom stereocenters. The lowest BCUT2D eigenvalue weighted by atomic mass is 10.3. The summed E-state index contributed by atoms with van der Waals surface area (Å²) in [4.78, 5) is 25.6. The van der Waals surface area contributed by atoms with Gasteiger partial charge in [-0.2, -0.15) is 0 Å². The maximum absolute atomic E-state index is 12.4.